The molecule has 88 valence electrons. The highest BCUT2D eigenvalue weighted by atomic mass is 35.5. The minimum absolute atomic E-state index is 0.0634. The van der Waals surface area contributed by atoms with Crippen LogP contribution < -0.4 is 5.32 Å². The van der Waals surface area contributed by atoms with Crippen LogP contribution in [0.2, 0.25) is 0 Å². The van der Waals surface area contributed by atoms with Crippen LogP contribution in [0.3, 0.4) is 0 Å². The first-order valence-corrected chi connectivity index (χ1v) is 5.82. The summed E-state index contributed by atoms with van der Waals surface area (Å²) in [7, 11) is 0. The van der Waals surface area contributed by atoms with Crippen LogP contribution in [-0.4, -0.2) is 28.3 Å². The molecule has 16 heavy (non-hydrogen) atoms. The summed E-state index contributed by atoms with van der Waals surface area (Å²) in [6.07, 6.45) is 0. The van der Waals surface area contributed by atoms with Crippen molar-refractivity contribution in [2.24, 2.45) is 0 Å². The summed E-state index contributed by atoms with van der Waals surface area (Å²) >= 11 is 11.4. The summed E-state index contributed by atoms with van der Waals surface area (Å²) in [5.74, 6) is -0.0422. The number of rotatable bonds is 4. The Morgan fingerprint density at radius 3 is 2.44 bits per heavy atom. The second kappa shape index (κ2) is 5.41. The number of halogens is 2. The molecule has 0 unspecified atom stereocenters. The van der Waals surface area contributed by atoms with E-state index in [2.05, 4.69) is 5.32 Å². The van der Waals surface area contributed by atoms with Crippen LogP contribution in [0.5, 0.6) is 5.75 Å². The van der Waals surface area contributed by atoms with Gasteiger partial charge in [0.15, 0.2) is 0 Å². The number of para-hydroxylation sites is 1. The first-order chi connectivity index (χ1) is 7.52. The van der Waals surface area contributed by atoms with Gasteiger partial charge in [0.25, 0.3) is 5.91 Å². The number of aromatic hydroxyl groups is 1. The zero-order valence-corrected chi connectivity index (χ0v) is 10.3. The van der Waals surface area contributed by atoms with Gasteiger partial charge >= 0.3 is 0 Å². The Labute approximate surface area is 104 Å². The number of amides is 1. The van der Waals surface area contributed by atoms with Crippen molar-refractivity contribution in [1.29, 1.82) is 0 Å². The molecule has 1 aromatic carbocycles. The molecule has 0 saturated carbocycles. The molecule has 1 rings (SSSR count). The van der Waals surface area contributed by atoms with Crippen molar-refractivity contribution in [3.63, 3.8) is 0 Å². The molecule has 3 nitrogen and oxygen atoms in total. The van der Waals surface area contributed by atoms with Crippen LogP contribution in [0.4, 0.5) is 0 Å². The van der Waals surface area contributed by atoms with Crippen molar-refractivity contribution in [3.05, 3.63) is 29.8 Å². The highest BCUT2D eigenvalue weighted by Crippen LogP contribution is 2.17. The third kappa shape index (κ3) is 3.03. The molecular weight excluding hydrogens is 249 g/mol. The van der Waals surface area contributed by atoms with E-state index in [9.17, 15) is 9.90 Å². The lowest BCUT2D eigenvalue weighted by atomic mass is 10.1. The zero-order chi connectivity index (χ0) is 12.2. The van der Waals surface area contributed by atoms with Gasteiger partial charge in [0.1, 0.15) is 5.75 Å². The van der Waals surface area contributed by atoms with Gasteiger partial charge in [-0.05, 0) is 19.1 Å². The molecule has 0 aliphatic rings. The lowest BCUT2D eigenvalue weighted by Gasteiger charge is -2.26. The minimum atomic E-state index is -0.678. The van der Waals surface area contributed by atoms with Gasteiger partial charge in [-0.25, -0.2) is 0 Å². The second-order valence-corrected chi connectivity index (χ2v) is 4.33. The van der Waals surface area contributed by atoms with Gasteiger partial charge in [-0.3, -0.25) is 4.79 Å². The average molecular weight is 262 g/mol. The Morgan fingerprint density at radius 2 is 1.94 bits per heavy atom. The highest BCUT2D eigenvalue weighted by molar-refractivity contribution is 6.22. The van der Waals surface area contributed by atoms with Crippen molar-refractivity contribution in [3.8, 4) is 5.75 Å². The predicted molar refractivity (Wildman–Crippen MR) is 65.4 cm³/mol. The van der Waals surface area contributed by atoms with Gasteiger partial charge in [0.05, 0.1) is 11.1 Å². The van der Waals surface area contributed by atoms with Gasteiger partial charge < -0.3 is 10.4 Å². The van der Waals surface area contributed by atoms with Crippen LogP contribution in [0.25, 0.3) is 0 Å². The maximum Gasteiger partial charge on any atom is 0.255 e. The number of carbonyl (C=O) groups excluding carboxylic acids is 1. The van der Waals surface area contributed by atoms with Crippen LogP contribution >= 0.6 is 23.2 Å². The molecule has 5 heteroatoms. The molecule has 0 heterocycles. The molecule has 0 saturated heterocycles. The molecule has 0 aliphatic carbocycles. The monoisotopic (exact) mass is 261 g/mol. The van der Waals surface area contributed by atoms with Gasteiger partial charge in [-0.1, -0.05) is 12.1 Å². The number of nitrogens with one attached hydrogen (secondary N) is 1. The molecule has 1 amide bonds. The lowest BCUT2D eigenvalue weighted by Crippen LogP contribution is -2.49. The summed E-state index contributed by atoms with van der Waals surface area (Å²) in [5, 5.41) is 12.2. The summed E-state index contributed by atoms with van der Waals surface area (Å²) in [6, 6.07) is 6.31. The summed E-state index contributed by atoms with van der Waals surface area (Å²) < 4.78 is 0. The number of hydrogen-bond donors (Lipinski definition) is 2. The smallest absolute Gasteiger partial charge is 0.255 e. The molecule has 0 aromatic heterocycles. The fourth-order valence-corrected chi connectivity index (χ4v) is 1.53. The van der Waals surface area contributed by atoms with E-state index in [4.69, 9.17) is 23.2 Å². The molecule has 0 radical (unpaired) electrons. The molecule has 0 spiro atoms. The normalized spacial score (nSPS) is 11.2. The summed E-state index contributed by atoms with van der Waals surface area (Å²) in [5.41, 5.74) is -0.466. The van der Waals surface area contributed by atoms with Crippen molar-refractivity contribution in [2.45, 2.75) is 12.5 Å². The largest absolute Gasteiger partial charge is 0.507 e. The van der Waals surface area contributed by atoms with Gasteiger partial charge in [0, 0.05) is 11.8 Å². The first-order valence-electron chi connectivity index (χ1n) is 4.75. The number of alkyl halides is 2. The molecule has 0 bridgehead atoms. The Morgan fingerprint density at radius 1 is 1.38 bits per heavy atom. The van der Waals surface area contributed by atoms with Crippen molar-refractivity contribution in [2.75, 3.05) is 11.8 Å². The van der Waals surface area contributed by atoms with E-state index in [1.54, 1.807) is 19.1 Å². The van der Waals surface area contributed by atoms with E-state index in [-0.39, 0.29) is 29.0 Å². The van der Waals surface area contributed by atoms with Crippen molar-refractivity contribution >= 4 is 29.1 Å². The van der Waals surface area contributed by atoms with E-state index in [0.29, 0.717) is 0 Å². The lowest BCUT2D eigenvalue weighted by molar-refractivity contribution is 0.0918. The van der Waals surface area contributed by atoms with Crippen LogP contribution in [0.15, 0.2) is 24.3 Å². The average Bonchev–Trinajstić information content (AvgIpc) is 2.29. The van der Waals surface area contributed by atoms with Gasteiger partial charge in [0.2, 0.25) is 0 Å². The zero-order valence-electron chi connectivity index (χ0n) is 8.84. The summed E-state index contributed by atoms with van der Waals surface area (Å²) in [4.78, 5) is 11.8. The van der Waals surface area contributed by atoms with E-state index in [1.807, 2.05) is 0 Å². The maximum absolute atomic E-state index is 11.8. The topological polar surface area (TPSA) is 49.3 Å². The third-order valence-corrected chi connectivity index (χ3v) is 3.33. The van der Waals surface area contributed by atoms with E-state index in [1.165, 1.54) is 12.1 Å². The predicted octanol–water partition coefficient (Wildman–Crippen LogP) is 2.36. The van der Waals surface area contributed by atoms with Gasteiger partial charge in [-0.2, -0.15) is 0 Å². The Bertz CT molecular complexity index is 378. The third-order valence-electron chi connectivity index (χ3n) is 2.15. The van der Waals surface area contributed by atoms with E-state index >= 15 is 0 Å². The fourth-order valence-electron chi connectivity index (χ4n) is 1.11. The number of hydrogen-bond acceptors (Lipinski definition) is 2. The Hall–Kier alpha value is -0.930. The van der Waals surface area contributed by atoms with Gasteiger partial charge in [-0.15, -0.1) is 23.2 Å². The Kier molecular flexibility index (Phi) is 4.44. The second-order valence-electron chi connectivity index (χ2n) is 3.80. The standard InChI is InChI=1S/C11H13Cl2NO2/c1-11(6-12,7-13)14-10(16)8-4-2-3-5-9(8)15/h2-5,15H,6-7H2,1H3,(H,14,16). The number of phenolic OH excluding ortho intramolecular Hbond substituents is 1. The SMILES string of the molecule is CC(CCl)(CCl)NC(=O)c1ccccc1O. The van der Waals surface area contributed by atoms with Crippen LogP contribution in [-0.2, 0) is 0 Å². The molecule has 0 aliphatic heterocycles. The number of phenols is 1. The van der Waals surface area contributed by atoms with E-state index < -0.39 is 5.54 Å². The van der Waals surface area contributed by atoms with E-state index in [0.717, 1.165) is 0 Å². The van der Waals surface area contributed by atoms with Crippen LogP contribution in [0, 0.1) is 0 Å². The molecule has 0 fully saturated rings. The number of carbonyl (C=O) groups is 1. The minimum Gasteiger partial charge on any atom is -0.507 e. The number of benzene rings is 1. The maximum atomic E-state index is 11.8. The van der Waals surface area contributed by atoms with Crippen molar-refractivity contribution < 1.29 is 9.90 Å². The molecule has 0 atom stereocenters. The Balaban J connectivity index is 2.84. The fraction of sp³-hybridized carbons (Fsp3) is 0.364. The quantitative estimate of drug-likeness (QED) is 0.818. The first kappa shape index (κ1) is 13.1. The molecular formula is C11H13Cl2NO2. The van der Waals surface area contributed by atoms with Crippen LogP contribution in [0.1, 0.15) is 17.3 Å². The molecule has 2 N–H and O–H groups in total. The molecule has 1 aromatic rings. The summed E-state index contributed by atoms with van der Waals surface area (Å²) in [6.45, 7) is 1.74. The highest BCUT2D eigenvalue weighted by Gasteiger charge is 2.25. The van der Waals surface area contributed by atoms with Crippen molar-refractivity contribution in [1.82, 2.24) is 5.32 Å².